The van der Waals surface area contributed by atoms with Crippen LogP contribution in [-0.4, -0.2) is 62.1 Å². The summed E-state index contributed by atoms with van der Waals surface area (Å²) in [6, 6.07) is 6.70. The number of halogens is 4. The maximum atomic E-state index is 13.9. The monoisotopic (exact) mass is 641 g/mol. The van der Waals surface area contributed by atoms with Crippen molar-refractivity contribution < 1.29 is 41.4 Å². The maximum absolute atomic E-state index is 13.9. The minimum atomic E-state index is -4.92. The van der Waals surface area contributed by atoms with Crippen molar-refractivity contribution in [3.8, 4) is 5.75 Å². The lowest BCUT2D eigenvalue weighted by atomic mass is 9.83. The van der Waals surface area contributed by atoms with Gasteiger partial charge in [0, 0.05) is 36.8 Å². The molecule has 4 fully saturated rings. The summed E-state index contributed by atoms with van der Waals surface area (Å²) in [5.41, 5.74) is 0.276. The number of anilines is 1. The van der Waals surface area contributed by atoms with Crippen LogP contribution in [0.1, 0.15) is 47.2 Å². The second-order valence-corrected chi connectivity index (χ2v) is 12.2. The van der Waals surface area contributed by atoms with Gasteiger partial charge in [-0.1, -0.05) is 17.7 Å². The minimum absolute atomic E-state index is 0.107. The zero-order valence-electron chi connectivity index (χ0n) is 25.2. The van der Waals surface area contributed by atoms with Gasteiger partial charge >= 0.3 is 6.18 Å². The van der Waals surface area contributed by atoms with Crippen LogP contribution in [0.2, 0.25) is 0 Å². The van der Waals surface area contributed by atoms with Crippen molar-refractivity contribution in [2.45, 2.75) is 37.9 Å². The third-order valence-corrected chi connectivity index (χ3v) is 9.30. The highest BCUT2D eigenvalue weighted by Gasteiger charge is 2.55. The van der Waals surface area contributed by atoms with Gasteiger partial charge in [-0.15, -0.1) is 0 Å². The van der Waals surface area contributed by atoms with Gasteiger partial charge in [0.2, 0.25) is 11.8 Å². The number of ether oxygens (including phenoxy) is 2. The van der Waals surface area contributed by atoms with E-state index in [1.54, 1.807) is 29.2 Å². The van der Waals surface area contributed by atoms with Crippen LogP contribution in [0, 0.1) is 29.5 Å². The molecule has 6 rings (SSSR count). The topological polar surface area (TPSA) is 97.0 Å². The molecule has 0 unspecified atom stereocenters. The van der Waals surface area contributed by atoms with Crippen LogP contribution >= 0.6 is 0 Å². The van der Waals surface area contributed by atoms with Gasteiger partial charge in [0.15, 0.2) is 0 Å². The van der Waals surface area contributed by atoms with E-state index < -0.39 is 41.3 Å². The number of rotatable bonds is 8. The summed E-state index contributed by atoms with van der Waals surface area (Å²) in [7, 11) is 1.44. The predicted molar refractivity (Wildman–Crippen MR) is 161 cm³/mol. The average Bonchev–Trinajstić information content (AvgIpc) is 3.72. The number of allylic oxidation sites excluding steroid dienone is 1. The van der Waals surface area contributed by atoms with E-state index in [1.165, 1.54) is 13.2 Å². The quantitative estimate of drug-likeness (QED) is 0.227. The number of amides is 3. The van der Waals surface area contributed by atoms with Gasteiger partial charge in [-0.25, -0.2) is 4.39 Å². The number of alkyl halides is 3. The molecule has 0 spiro atoms. The molecule has 4 atom stereocenters. The molecule has 2 aromatic rings. The Bertz CT molecular complexity index is 1580. The van der Waals surface area contributed by atoms with Gasteiger partial charge in [-0.05, 0) is 79.5 Å². The second-order valence-electron chi connectivity index (χ2n) is 12.2. The molecule has 3 saturated carbocycles. The molecule has 2 bridgehead atoms. The summed E-state index contributed by atoms with van der Waals surface area (Å²) in [5.74, 6) is -2.92. The second kappa shape index (κ2) is 12.9. The van der Waals surface area contributed by atoms with Crippen LogP contribution in [-0.2, 0) is 20.5 Å². The Morgan fingerprint density at radius 1 is 1.00 bits per heavy atom. The molecule has 2 N–H and O–H groups in total. The molecule has 12 heteroatoms. The van der Waals surface area contributed by atoms with Crippen molar-refractivity contribution in [2.24, 2.45) is 23.7 Å². The van der Waals surface area contributed by atoms with E-state index in [-0.39, 0.29) is 29.0 Å². The van der Waals surface area contributed by atoms with Crippen LogP contribution < -0.4 is 15.4 Å². The van der Waals surface area contributed by atoms with E-state index in [1.807, 2.05) is 0 Å². The van der Waals surface area contributed by atoms with E-state index in [0.29, 0.717) is 62.1 Å². The van der Waals surface area contributed by atoms with Gasteiger partial charge in [0.05, 0.1) is 37.4 Å². The molecule has 1 heterocycles. The van der Waals surface area contributed by atoms with Gasteiger partial charge < -0.3 is 25.0 Å². The smallest absolute Gasteiger partial charge is 0.419 e. The normalized spacial score (nSPS) is 25.2. The van der Waals surface area contributed by atoms with Crippen molar-refractivity contribution >= 4 is 29.5 Å². The molecule has 244 valence electrons. The Morgan fingerprint density at radius 2 is 1.74 bits per heavy atom. The third-order valence-electron chi connectivity index (χ3n) is 9.30. The molecule has 0 aromatic heterocycles. The zero-order chi connectivity index (χ0) is 32.6. The summed E-state index contributed by atoms with van der Waals surface area (Å²) >= 11 is 0. The first-order chi connectivity index (χ1) is 22.0. The average molecular weight is 642 g/mol. The molecular weight excluding hydrogens is 606 g/mol. The fraction of sp³-hybridized carbons (Fsp3) is 0.441. The molecule has 2 aromatic carbocycles. The molecule has 4 aliphatic rings. The molecule has 1 aliphatic heterocycles. The molecule has 3 amide bonds. The molecule has 46 heavy (non-hydrogen) atoms. The number of morpholine rings is 1. The van der Waals surface area contributed by atoms with Crippen LogP contribution in [0.5, 0.6) is 5.75 Å². The largest absolute Gasteiger partial charge is 0.496 e. The van der Waals surface area contributed by atoms with E-state index >= 15 is 0 Å². The highest BCUT2D eigenvalue weighted by Crippen LogP contribution is 2.54. The number of nitrogens with zero attached hydrogens (tertiary/aromatic N) is 1. The van der Waals surface area contributed by atoms with E-state index in [9.17, 15) is 31.9 Å². The number of hydrogen-bond donors (Lipinski definition) is 2. The lowest BCUT2D eigenvalue weighted by molar-refractivity contribution is -0.140. The highest BCUT2D eigenvalue weighted by atomic mass is 19.4. The van der Waals surface area contributed by atoms with Crippen LogP contribution in [0.4, 0.5) is 23.2 Å². The Balaban J connectivity index is 1.24. The lowest BCUT2D eigenvalue weighted by Gasteiger charge is -2.30. The fourth-order valence-corrected chi connectivity index (χ4v) is 6.90. The van der Waals surface area contributed by atoms with Crippen LogP contribution in [0.3, 0.4) is 0 Å². The van der Waals surface area contributed by atoms with Gasteiger partial charge in [-0.3, -0.25) is 14.4 Å². The first-order valence-electron chi connectivity index (χ1n) is 15.5. The summed E-state index contributed by atoms with van der Waals surface area (Å²) in [6.07, 6.45) is 3.92. The molecular formula is C34H35F4N3O5. The number of carbonyl (C=O) groups excluding carboxylic acids is 3. The first kappa shape index (κ1) is 31.8. The van der Waals surface area contributed by atoms with Gasteiger partial charge in [0.25, 0.3) is 5.91 Å². The Morgan fingerprint density at radius 3 is 2.43 bits per heavy atom. The van der Waals surface area contributed by atoms with E-state index in [4.69, 9.17) is 9.47 Å². The summed E-state index contributed by atoms with van der Waals surface area (Å²) in [4.78, 5) is 41.9. The predicted octanol–water partition coefficient (Wildman–Crippen LogP) is 5.45. The number of fused-ring (bicyclic) bond motifs is 2. The molecule has 8 nitrogen and oxygen atoms in total. The van der Waals surface area contributed by atoms with Crippen molar-refractivity contribution in [2.75, 3.05) is 38.7 Å². The third kappa shape index (κ3) is 6.67. The molecule has 1 saturated heterocycles. The standard InChI is InChI=1S/C34H35F4N3O5/c1-45-28-10-4-20(5-11-29(42)41-12-14-46-15-13-41)17-25(28)32(43)40-31-23-8-7-22(24(23)16-19-2-3-19)30(31)33(44)39-21-6-9-27(35)26(18-21)34(36,37)38/h4-6,9-11,16-19,22-23,30-31H,2-3,7-8,12-15H2,1H3,(H,39,44)(H,40,43)/b11-5+,24-16-/t22-,23+,30-,31+/m0/s1. The maximum Gasteiger partial charge on any atom is 0.419 e. The van der Waals surface area contributed by atoms with E-state index in [2.05, 4.69) is 16.7 Å². The van der Waals surface area contributed by atoms with Crippen molar-refractivity contribution in [1.82, 2.24) is 10.2 Å². The number of hydrogen-bond acceptors (Lipinski definition) is 5. The SMILES string of the molecule is COc1ccc(/C=C/C(=O)N2CCOCC2)cc1C(=O)N[C@H]1[C@@H](C(=O)Nc2ccc(F)c(C(F)(F)F)c2)[C@H]2CC[C@@H]1/C2=C\C1CC1. The van der Waals surface area contributed by atoms with Crippen molar-refractivity contribution in [3.63, 3.8) is 0 Å². The van der Waals surface area contributed by atoms with Crippen molar-refractivity contribution in [3.05, 3.63) is 76.6 Å². The van der Waals surface area contributed by atoms with Crippen LogP contribution in [0.15, 0.2) is 54.1 Å². The Labute approximate surface area is 263 Å². The van der Waals surface area contributed by atoms with Gasteiger partial charge in [-0.2, -0.15) is 13.2 Å². The lowest BCUT2D eigenvalue weighted by Crippen LogP contribution is -2.48. The zero-order valence-corrected chi connectivity index (χ0v) is 25.2. The minimum Gasteiger partial charge on any atom is -0.496 e. The summed E-state index contributed by atoms with van der Waals surface area (Å²) in [6.45, 7) is 1.95. The fourth-order valence-electron chi connectivity index (χ4n) is 6.90. The molecule has 0 radical (unpaired) electrons. The van der Waals surface area contributed by atoms with Gasteiger partial charge in [0.1, 0.15) is 11.6 Å². The number of nitrogens with one attached hydrogen (secondary N) is 2. The number of carbonyl (C=O) groups is 3. The summed E-state index contributed by atoms with van der Waals surface area (Å²) in [5, 5.41) is 5.62. The summed E-state index contributed by atoms with van der Waals surface area (Å²) < 4.78 is 64.7. The number of methoxy groups -OCH3 is 1. The Hall–Kier alpha value is -4.19. The van der Waals surface area contributed by atoms with E-state index in [0.717, 1.165) is 30.9 Å². The van der Waals surface area contributed by atoms with Crippen molar-refractivity contribution in [1.29, 1.82) is 0 Å². The van der Waals surface area contributed by atoms with Crippen LogP contribution in [0.25, 0.3) is 6.08 Å². The molecule has 3 aliphatic carbocycles. The highest BCUT2D eigenvalue weighted by molar-refractivity contribution is 6.00. The number of benzene rings is 2. The Kier molecular flexibility index (Phi) is 8.91. The first-order valence-corrected chi connectivity index (χ1v) is 15.5.